The molecule has 0 aromatic carbocycles. The largest absolute Gasteiger partial charge is 0.472 e. The summed E-state index contributed by atoms with van der Waals surface area (Å²) in [6.45, 7) is 5.39. The normalized spacial score (nSPS) is 17.1. The van der Waals surface area contributed by atoms with Crippen LogP contribution < -0.4 is 16.0 Å². The number of hydrogen-bond acceptors (Lipinski definition) is 5. The van der Waals surface area contributed by atoms with Gasteiger partial charge in [0.1, 0.15) is 6.26 Å². The zero-order valence-corrected chi connectivity index (χ0v) is 14.0. The Bertz CT molecular complexity index is 565. The van der Waals surface area contributed by atoms with Crippen molar-refractivity contribution in [3.8, 4) is 0 Å². The summed E-state index contributed by atoms with van der Waals surface area (Å²) in [5.41, 5.74) is 0.507. The van der Waals surface area contributed by atoms with E-state index in [2.05, 4.69) is 16.0 Å². The van der Waals surface area contributed by atoms with Gasteiger partial charge in [-0.25, -0.2) is 4.79 Å². The molecule has 0 saturated carbocycles. The molecule has 8 heteroatoms. The predicted octanol–water partition coefficient (Wildman–Crippen LogP) is 0.708. The Hall–Kier alpha value is -2.35. The Kier molecular flexibility index (Phi) is 6.36. The molecule has 132 valence electrons. The van der Waals surface area contributed by atoms with Crippen molar-refractivity contribution in [2.75, 3.05) is 19.6 Å². The van der Waals surface area contributed by atoms with Crippen LogP contribution in [-0.4, -0.2) is 54.5 Å². The third-order valence-electron chi connectivity index (χ3n) is 4.15. The first kappa shape index (κ1) is 18.0. The fourth-order valence-electron chi connectivity index (χ4n) is 2.68. The molecular weight excluding hydrogens is 312 g/mol. The van der Waals surface area contributed by atoms with Crippen molar-refractivity contribution < 1.29 is 18.8 Å². The summed E-state index contributed by atoms with van der Waals surface area (Å²) < 4.78 is 4.90. The second-order valence-corrected chi connectivity index (χ2v) is 5.82. The van der Waals surface area contributed by atoms with Gasteiger partial charge in [-0.05, 0) is 32.8 Å². The van der Waals surface area contributed by atoms with Crippen molar-refractivity contribution in [3.05, 3.63) is 24.2 Å². The molecule has 1 saturated heterocycles. The van der Waals surface area contributed by atoms with E-state index in [4.69, 9.17) is 4.42 Å². The van der Waals surface area contributed by atoms with Crippen LogP contribution in [0, 0.1) is 0 Å². The third kappa shape index (κ3) is 4.82. The van der Waals surface area contributed by atoms with Crippen LogP contribution in [0.3, 0.4) is 0 Å². The minimum absolute atomic E-state index is 0.0716. The van der Waals surface area contributed by atoms with Gasteiger partial charge in [-0.1, -0.05) is 0 Å². The zero-order valence-electron chi connectivity index (χ0n) is 14.0. The molecule has 2 heterocycles. The van der Waals surface area contributed by atoms with Crippen LogP contribution in [0.1, 0.15) is 37.0 Å². The van der Waals surface area contributed by atoms with Gasteiger partial charge in [-0.15, -0.1) is 0 Å². The van der Waals surface area contributed by atoms with Gasteiger partial charge in [-0.2, -0.15) is 0 Å². The molecule has 0 spiro atoms. The summed E-state index contributed by atoms with van der Waals surface area (Å²) in [5, 5.41) is 7.83. The molecule has 0 bridgehead atoms. The second kappa shape index (κ2) is 8.49. The molecule has 2 rings (SSSR count). The molecule has 0 radical (unpaired) electrons. The fraction of sp³-hybridized carbons (Fsp3) is 0.562. The Balaban J connectivity index is 1.76. The lowest BCUT2D eigenvalue weighted by Crippen LogP contribution is -2.53. The van der Waals surface area contributed by atoms with Gasteiger partial charge in [-0.3, -0.25) is 19.8 Å². The molecule has 1 fully saturated rings. The van der Waals surface area contributed by atoms with Crippen molar-refractivity contribution in [1.29, 1.82) is 0 Å². The van der Waals surface area contributed by atoms with Gasteiger partial charge in [0.25, 0.3) is 5.91 Å². The summed E-state index contributed by atoms with van der Waals surface area (Å²) in [5.74, 6) is -0.467. The minimum atomic E-state index is -0.475. The van der Waals surface area contributed by atoms with Crippen molar-refractivity contribution in [2.24, 2.45) is 0 Å². The van der Waals surface area contributed by atoms with Crippen LogP contribution in [0.2, 0.25) is 0 Å². The van der Waals surface area contributed by atoms with Crippen LogP contribution >= 0.6 is 0 Å². The standard InChI is InChI=1S/C16H24N4O4/c1-3-17-16(23)19-14(21)11(2)20-7-4-13(5-8-20)18-15(22)12-6-9-24-10-12/h6,9-11,13H,3-5,7-8H2,1-2H3,(H,18,22)(H2,17,19,21,23)/t11-/m1/s1. The van der Waals surface area contributed by atoms with E-state index in [0.29, 0.717) is 25.2 Å². The monoisotopic (exact) mass is 336 g/mol. The maximum absolute atomic E-state index is 12.0. The number of carbonyl (C=O) groups excluding carboxylic acids is 3. The highest BCUT2D eigenvalue weighted by Gasteiger charge is 2.28. The lowest BCUT2D eigenvalue weighted by molar-refractivity contribution is -0.125. The number of urea groups is 1. The predicted molar refractivity (Wildman–Crippen MR) is 87.4 cm³/mol. The van der Waals surface area contributed by atoms with Crippen molar-refractivity contribution in [2.45, 2.75) is 38.8 Å². The topological polar surface area (TPSA) is 104 Å². The smallest absolute Gasteiger partial charge is 0.321 e. The van der Waals surface area contributed by atoms with Gasteiger partial charge in [0.2, 0.25) is 5.91 Å². The summed E-state index contributed by atoms with van der Waals surface area (Å²) in [7, 11) is 0. The van der Waals surface area contributed by atoms with Crippen LogP contribution in [-0.2, 0) is 4.79 Å². The number of rotatable bonds is 5. The molecule has 1 aliphatic heterocycles. The number of nitrogens with one attached hydrogen (secondary N) is 3. The van der Waals surface area contributed by atoms with Crippen LogP contribution in [0.5, 0.6) is 0 Å². The van der Waals surface area contributed by atoms with Crippen molar-refractivity contribution in [3.63, 3.8) is 0 Å². The Labute approximate surface area is 140 Å². The van der Waals surface area contributed by atoms with E-state index < -0.39 is 12.1 Å². The Morgan fingerprint density at radius 1 is 1.33 bits per heavy atom. The van der Waals surface area contributed by atoms with Crippen molar-refractivity contribution in [1.82, 2.24) is 20.9 Å². The van der Waals surface area contributed by atoms with Crippen molar-refractivity contribution >= 4 is 17.8 Å². The molecule has 3 N–H and O–H groups in total. The van der Waals surface area contributed by atoms with E-state index in [9.17, 15) is 14.4 Å². The van der Waals surface area contributed by atoms with E-state index in [-0.39, 0.29) is 17.9 Å². The molecule has 4 amide bonds. The first-order valence-corrected chi connectivity index (χ1v) is 8.17. The number of imide groups is 1. The second-order valence-electron chi connectivity index (χ2n) is 5.82. The Morgan fingerprint density at radius 3 is 2.62 bits per heavy atom. The SMILES string of the molecule is CCNC(=O)NC(=O)[C@@H](C)N1CCC(NC(=O)c2ccoc2)CC1. The molecule has 24 heavy (non-hydrogen) atoms. The van der Waals surface area contributed by atoms with E-state index in [1.165, 1.54) is 12.5 Å². The first-order valence-electron chi connectivity index (χ1n) is 8.17. The van der Waals surface area contributed by atoms with E-state index >= 15 is 0 Å². The van der Waals surface area contributed by atoms with Gasteiger partial charge in [0, 0.05) is 25.7 Å². The molecular formula is C16H24N4O4. The van der Waals surface area contributed by atoms with E-state index in [0.717, 1.165) is 12.8 Å². The molecule has 1 atom stereocenters. The number of carbonyl (C=O) groups is 3. The minimum Gasteiger partial charge on any atom is -0.472 e. The lowest BCUT2D eigenvalue weighted by Gasteiger charge is -2.35. The number of hydrogen-bond donors (Lipinski definition) is 3. The van der Waals surface area contributed by atoms with Gasteiger partial charge in [0.05, 0.1) is 17.9 Å². The highest BCUT2D eigenvalue weighted by atomic mass is 16.3. The zero-order chi connectivity index (χ0) is 17.5. The lowest BCUT2D eigenvalue weighted by atomic mass is 10.0. The van der Waals surface area contributed by atoms with E-state index in [1.54, 1.807) is 19.9 Å². The summed E-state index contributed by atoms with van der Waals surface area (Å²) >= 11 is 0. The van der Waals surface area contributed by atoms with Crippen LogP contribution in [0.15, 0.2) is 23.0 Å². The molecule has 1 aromatic rings. The maximum atomic E-state index is 12.0. The van der Waals surface area contributed by atoms with Gasteiger partial charge < -0.3 is 15.1 Å². The molecule has 1 aliphatic rings. The molecule has 1 aromatic heterocycles. The molecule has 0 unspecified atom stereocenters. The van der Waals surface area contributed by atoms with E-state index in [1.807, 2.05) is 4.90 Å². The molecule has 0 aliphatic carbocycles. The first-order chi connectivity index (χ1) is 11.5. The Morgan fingerprint density at radius 2 is 2.04 bits per heavy atom. The fourth-order valence-corrected chi connectivity index (χ4v) is 2.68. The number of likely N-dealkylation sites (tertiary alicyclic amines) is 1. The van der Waals surface area contributed by atoms with Crippen LogP contribution in [0.4, 0.5) is 4.79 Å². The third-order valence-corrected chi connectivity index (χ3v) is 4.15. The van der Waals surface area contributed by atoms with Gasteiger partial charge >= 0.3 is 6.03 Å². The van der Waals surface area contributed by atoms with Gasteiger partial charge in [0.15, 0.2) is 0 Å². The summed E-state index contributed by atoms with van der Waals surface area (Å²) in [6.07, 6.45) is 4.38. The summed E-state index contributed by atoms with van der Waals surface area (Å²) in [6, 6.07) is 0.829. The van der Waals surface area contributed by atoms with Crippen LogP contribution in [0.25, 0.3) is 0 Å². The highest BCUT2D eigenvalue weighted by Crippen LogP contribution is 2.14. The highest BCUT2D eigenvalue weighted by molar-refractivity contribution is 5.96. The average Bonchev–Trinajstić information content (AvgIpc) is 3.09. The number of nitrogens with zero attached hydrogens (tertiary/aromatic N) is 1. The maximum Gasteiger partial charge on any atom is 0.321 e. The average molecular weight is 336 g/mol. The quantitative estimate of drug-likeness (QED) is 0.735. The number of piperidine rings is 1. The number of furan rings is 1. The number of amides is 4. The summed E-state index contributed by atoms with van der Waals surface area (Å²) in [4.78, 5) is 37.5. The molecule has 8 nitrogen and oxygen atoms in total.